The molecule has 38 heavy (non-hydrogen) atoms. The molecule has 1 aliphatic heterocycles. The first kappa shape index (κ1) is 24.9. The Morgan fingerprint density at radius 1 is 1.24 bits per heavy atom. The Hall–Kier alpha value is -3.43. The van der Waals surface area contributed by atoms with Crippen molar-refractivity contribution in [1.29, 1.82) is 0 Å². The van der Waals surface area contributed by atoms with Crippen molar-refractivity contribution in [2.24, 2.45) is 5.41 Å². The van der Waals surface area contributed by atoms with Crippen LogP contribution in [0.4, 0.5) is 5.82 Å². The molecule has 6 rings (SSSR count). The third kappa shape index (κ3) is 5.68. The van der Waals surface area contributed by atoms with Crippen LogP contribution in [0.25, 0.3) is 0 Å². The summed E-state index contributed by atoms with van der Waals surface area (Å²) in [4.78, 5) is 23.4. The minimum absolute atomic E-state index is 0.196. The van der Waals surface area contributed by atoms with Crippen LogP contribution < -0.4 is 15.4 Å². The number of carbonyl (C=O) groups excluding carboxylic acids is 1. The van der Waals surface area contributed by atoms with Crippen LogP contribution in [0.15, 0.2) is 47.3 Å². The zero-order valence-corrected chi connectivity index (χ0v) is 21.8. The molecule has 0 radical (unpaired) electrons. The highest BCUT2D eigenvalue weighted by Crippen LogP contribution is 2.61. The molecule has 200 valence electrons. The lowest BCUT2D eigenvalue weighted by atomic mass is 9.77. The van der Waals surface area contributed by atoms with E-state index in [0.717, 1.165) is 42.5 Å². The second-order valence-electron chi connectivity index (χ2n) is 11.1. The molecule has 2 aliphatic carbocycles. The van der Waals surface area contributed by atoms with E-state index in [9.17, 15) is 9.90 Å². The molecule has 1 atom stereocenters. The number of β-amino-alcohol motifs (C(OH)–C–C–N with tert-alkyl or cyclic N) is 1. The Balaban J connectivity index is 0.949. The van der Waals surface area contributed by atoms with Crippen LogP contribution in [0.2, 0.25) is 0 Å². The summed E-state index contributed by atoms with van der Waals surface area (Å²) in [6.45, 7) is 4.54. The average molecular weight is 518 g/mol. The summed E-state index contributed by atoms with van der Waals surface area (Å²) in [6.07, 6.45) is 8.44. The van der Waals surface area contributed by atoms with Gasteiger partial charge in [-0.3, -0.25) is 9.69 Å². The number of ether oxygens (including phenoxy) is 1. The van der Waals surface area contributed by atoms with Crippen LogP contribution in [-0.2, 0) is 19.6 Å². The van der Waals surface area contributed by atoms with Crippen LogP contribution in [0, 0.1) is 12.3 Å². The zero-order chi connectivity index (χ0) is 26.1. The maximum atomic E-state index is 12.7. The number of hydrogen-bond acceptors (Lipinski definition) is 8. The molecule has 0 saturated heterocycles. The highest BCUT2D eigenvalue weighted by molar-refractivity contribution is 5.94. The van der Waals surface area contributed by atoms with E-state index >= 15 is 0 Å². The van der Waals surface area contributed by atoms with E-state index in [4.69, 9.17) is 9.15 Å². The third-order valence-electron chi connectivity index (χ3n) is 8.14. The van der Waals surface area contributed by atoms with Crippen LogP contribution in [0.3, 0.4) is 0 Å². The minimum atomic E-state index is -0.655. The van der Waals surface area contributed by atoms with Crippen molar-refractivity contribution < 1.29 is 19.1 Å². The largest absolute Gasteiger partial charge is 0.486 e. The number of benzene rings is 1. The number of nitrogens with one attached hydrogen (secondary N) is 2. The Morgan fingerprint density at radius 2 is 2.11 bits per heavy atom. The van der Waals surface area contributed by atoms with E-state index in [1.807, 2.05) is 13.0 Å². The molecule has 2 saturated carbocycles. The van der Waals surface area contributed by atoms with Gasteiger partial charge < -0.3 is 24.9 Å². The van der Waals surface area contributed by atoms with Crippen molar-refractivity contribution in [3.05, 3.63) is 71.1 Å². The molecule has 0 bridgehead atoms. The van der Waals surface area contributed by atoms with Gasteiger partial charge in [0.25, 0.3) is 5.91 Å². The topological polar surface area (TPSA) is 113 Å². The molecule has 3 aromatic rings. The smallest absolute Gasteiger partial charge is 0.251 e. The van der Waals surface area contributed by atoms with E-state index in [-0.39, 0.29) is 12.5 Å². The van der Waals surface area contributed by atoms with Gasteiger partial charge in [0.05, 0.1) is 11.8 Å². The number of aromatic nitrogens is 2. The first-order valence-electron chi connectivity index (χ1n) is 13.5. The van der Waals surface area contributed by atoms with Gasteiger partial charge in [-0.05, 0) is 79.8 Å². The predicted molar refractivity (Wildman–Crippen MR) is 142 cm³/mol. The fraction of sp³-hybridized carbons (Fsp3) is 0.483. The number of aliphatic hydroxyl groups is 1. The lowest BCUT2D eigenvalue weighted by Gasteiger charge is -2.36. The molecule has 1 amide bonds. The monoisotopic (exact) mass is 517 g/mol. The van der Waals surface area contributed by atoms with Gasteiger partial charge in [0.15, 0.2) is 12.2 Å². The number of aliphatic hydroxyl groups excluding tert-OH is 1. The van der Waals surface area contributed by atoms with E-state index in [1.165, 1.54) is 43.2 Å². The lowest BCUT2D eigenvalue weighted by Crippen LogP contribution is -2.42. The van der Waals surface area contributed by atoms with Crippen molar-refractivity contribution in [2.75, 3.05) is 25.0 Å². The van der Waals surface area contributed by atoms with E-state index in [1.54, 1.807) is 18.3 Å². The van der Waals surface area contributed by atoms with Gasteiger partial charge in [0.1, 0.15) is 18.2 Å². The predicted octanol–water partition coefficient (Wildman–Crippen LogP) is 3.46. The van der Waals surface area contributed by atoms with Crippen LogP contribution in [0.5, 0.6) is 5.75 Å². The average Bonchev–Trinajstić information content (AvgIpc) is 3.59. The SMILES string of the molecule is Cc1ncoc1COc1ccc2c(c1)CCN(C[C@@H](O)CNC(=O)c1ccnc(NC3CC4(CC4)C3)c1)C2. The van der Waals surface area contributed by atoms with Crippen molar-refractivity contribution in [2.45, 2.75) is 64.3 Å². The number of nitrogens with zero attached hydrogens (tertiary/aromatic N) is 3. The molecule has 2 fully saturated rings. The van der Waals surface area contributed by atoms with Crippen molar-refractivity contribution >= 4 is 11.7 Å². The molecule has 0 unspecified atom stereocenters. The lowest BCUT2D eigenvalue weighted by molar-refractivity contribution is 0.0841. The molecule has 9 heteroatoms. The van der Waals surface area contributed by atoms with Gasteiger partial charge in [-0.15, -0.1) is 0 Å². The van der Waals surface area contributed by atoms with Gasteiger partial charge in [0, 0.05) is 44.0 Å². The highest BCUT2D eigenvalue weighted by Gasteiger charge is 2.52. The summed E-state index contributed by atoms with van der Waals surface area (Å²) in [5.74, 6) is 2.09. The normalized spacial score (nSPS) is 18.9. The summed E-state index contributed by atoms with van der Waals surface area (Å²) >= 11 is 0. The molecule has 3 N–H and O–H groups in total. The highest BCUT2D eigenvalue weighted by atomic mass is 16.5. The van der Waals surface area contributed by atoms with Gasteiger partial charge in [-0.1, -0.05) is 6.07 Å². The summed E-state index contributed by atoms with van der Waals surface area (Å²) in [5.41, 5.74) is 4.50. The number of hydrogen-bond donors (Lipinski definition) is 3. The Kier molecular flexibility index (Phi) is 6.80. The third-order valence-corrected chi connectivity index (χ3v) is 8.14. The number of anilines is 1. The number of rotatable bonds is 10. The van der Waals surface area contributed by atoms with Gasteiger partial charge in [-0.25, -0.2) is 9.97 Å². The fourth-order valence-corrected chi connectivity index (χ4v) is 5.65. The first-order chi connectivity index (χ1) is 18.4. The Morgan fingerprint density at radius 3 is 2.89 bits per heavy atom. The van der Waals surface area contributed by atoms with Gasteiger partial charge >= 0.3 is 0 Å². The quantitative estimate of drug-likeness (QED) is 0.375. The van der Waals surface area contributed by atoms with Crippen LogP contribution in [-0.4, -0.2) is 57.7 Å². The molecular formula is C29H35N5O4. The number of carbonyl (C=O) groups is 1. The Bertz CT molecular complexity index is 1300. The standard InChI is InChI=1S/C29H35N5O4/c1-19-26(38-18-32-19)17-37-25-3-2-22-15-34(9-5-20(22)10-25)16-24(35)14-31-28(36)21-4-8-30-27(11-21)33-23-12-29(13-23)6-7-29/h2-4,8,10-11,18,23-24,35H,5-7,9,12-17H2,1H3,(H,30,33)(H,31,36)/t24-/m0/s1. The van der Waals surface area contributed by atoms with E-state index in [2.05, 4.69) is 37.6 Å². The molecule has 1 spiro atoms. The molecule has 9 nitrogen and oxygen atoms in total. The molecular weight excluding hydrogens is 482 g/mol. The molecule has 3 aliphatic rings. The van der Waals surface area contributed by atoms with Crippen molar-refractivity contribution in [3.63, 3.8) is 0 Å². The Labute approximate surface area is 222 Å². The van der Waals surface area contributed by atoms with E-state index < -0.39 is 6.10 Å². The fourth-order valence-electron chi connectivity index (χ4n) is 5.65. The zero-order valence-electron chi connectivity index (χ0n) is 21.8. The summed E-state index contributed by atoms with van der Waals surface area (Å²) in [7, 11) is 0. The molecule has 2 aromatic heterocycles. The van der Waals surface area contributed by atoms with Crippen molar-refractivity contribution in [3.8, 4) is 5.75 Å². The van der Waals surface area contributed by atoms with Crippen molar-refractivity contribution in [1.82, 2.24) is 20.2 Å². The van der Waals surface area contributed by atoms with Crippen LogP contribution in [0.1, 0.15) is 58.6 Å². The van der Waals surface area contributed by atoms with Gasteiger partial charge in [-0.2, -0.15) is 0 Å². The molecule has 3 heterocycles. The first-order valence-corrected chi connectivity index (χ1v) is 13.5. The van der Waals surface area contributed by atoms with Crippen LogP contribution >= 0.6 is 0 Å². The van der Waals surface area contributed by atoms with Gasteiger partial charge in [0.2, 0.25) is 0 Å². The van der Waals surface area contributed by atoms with E-state index in [0.29, 0.717) is 30.2 Å². The number of pyridine rings is 1. The number of amides is 1. The number of fused-ring (bicyclic) bond motifs is 1. The summed E-state index contributed by atoms with van der Waals surface area (Å²) in [5, 5.41) is 17.0. The number of aryl methyl sites for hydroxylation is 1. The number of oxazole rings is 1. The summed E-state index contributed by atoms with van der Waals surface area (Å²) in [6, 6.07) is 10.1. The second kappa shape index (κ2) is 10.4. The maximum absolute atomic E-state index is 12.7. The minimum Gasteiger partial charge on any atom is -0.486 e. The molecule has 1 aromatic carbocycles. The second-order valence-corrected chi connectivity index (χ2v) is 11.1. The summed E-state index contributed by atoms with van der Waals surface area (Å²) < 4.78 is 11.2. The maximum Gasteiger partial charge on any atom is 0.251 e.